The van der Waals surface area contributed by atoms with Crippen molar-refractivity contribution in [2.75, 3.05) is 13.7 Å². The number of nitrogens with zero attached hydrogens (tertiary/aromatic N) is 2. The van der Waals surface area contributed by atoms with Crippen LogP contribution in [0.5, 0.6) is 5.75 Å². The van der Waals surface area contributed by atoms with Crippen molar-refractivity contribution in [2.45, 2.75) is 6.54 Å². The third kappa shape index (κ3) is 3.63. The molecule has 0 bridgehead atoms. The minimum Gasteiger partial charge on any atom is -0.492 e. The second-order valence-electron chi connectivity index (χ2n) is 4.96. The first kappa shape index (κ1) is 15.4. The molecule has 0 aliphatic rings. The Labute approximate surface area is 138 Å². The predicted octanol–water partition coefficient (Wildman–Crippen LogP) is 3.56. The van der Waals surface area contributed by atoms with Gasteiger partial charge in [-0.15, -0.1) is 0 Å². The van der Waals surface area contributed by atoms with Crippen LogP contribution in [0.25, 0.3) is 10.9 Å². The summed E-state index contributed by atoms with van der Waals surface area (Å²) >= 11 is 5.83. The van der Waals surface area contributed by atoms with E-state index in [1.165, 1.54) is 7.11 Å². The van der Waals surface area contributed by atoms with Crippen molar-refractivity contribution in [3.05, 3.63) is 59.2 Å². The summed E-state index contributed by atoms with van der Waals surface area (Å²) in [5.74, 6) is 0.407. The molecule has 3 aromatic rings. The fraction of sp³-hybridized carbons (Fsp3) is 0.176. The summed E-state index contributed by atoms with van der Waals surface area (Å²) in [5.41, 5.74) is 1.33. The van der Waals surface area contributed by atoms with Crippen molar-refractivity contribution in [2.24, 2.45) is 0 Å². The first-order valence-electron chi connectivity index (χ1n) is 7.09. The van der Waals surface area contributed by atoms with Crippen molar-refractivity contribution in [3.63, 3.8) is 0 Å². The third-order valence-corrected chi connectivity index (χ3v) is 3.63. The number of esters is 1. The minimum absolute atomic E-state index is 0.356. The van der Waals surface area contributed by atoms with E-state index in [0.29, 0.717) is 23.7 Å². The van der Waals surface area contributed by atoms with E-state index in [4.69, 9.17) is 21.1 Å². The van der Waals surface area contributed by atoms with E-state index in [1.54, 1.807) is 35.0 Å². The molecule has 2 aromatic carbocycles. The molecule has 1 heterocycles. The van der Waals surface area contributed by atoms with Gasteiger partial charge in [-0.3, -0.25) is 4.68 Å². The van der Waals surface area contributed by atoms with Crippen LogP contribution in [-0.4, -0.2) is 29.5 Å². The highest BCUT2D eigenvalue weighted by molar-refractivity contribution is 6.30. The van der Waals surface area contributed by atoms with Gasteiger partial charge in [0.15, 0.2) is 0 Å². The number of carbonyl (C=O) groups excluding carboxylic acids is 1. The number of fused-ring (bicyclic) bond motifs is 1. The van der Waals surface area contributed by atoms with Crippen molar-refractivity contribution in [1.82, 2.24) is 9.78 Å². The summed E-state index contributed by atoms with van der Waals surface area (Å²) in [6.45, 7) is 1.09. The van der Waals surface area contributed by atoms with Crippen molar-refractivity contribution < 1.29 is 14.3 Å². The lowest BCUT2D eigenvalue weighted by Crippen LogP contribution is -2.08. The monoisotopic (exact) mass is 330 g/mol. The zero-order valence-electron chi connectivity index (χ0n) is 12.5. The van der Waals surface area contributed by atoms with Gasteiger partial charge in [0.05, 0.1) is 24.7 Å². The van der Waals surface area contributed by atoms with Crippen molar-refractivity contribution in [1.29, 1.82) is 0 Å². The minimum atomic E-state index is -0.356. The van der Waals surface area contributed by atoms with Crippen LogP contribution in [0.15, 0.2) is 48.7 Å². The van der Waals surface area contributed by atoms with Gasteiger partial charge >= 0.3 is 5.97 Å². The molecule has 0 unspecified atom stereocenters. The molecular formula is C17H15ClN2O3. The van der Waals surface area contributed by atoms with Gasteiger partial charge in [-0.05, 0) is 42.5 Å². The van der Waals surface area contributed by atoms with E-state index in [0.717, 1.165) is 16.7 Å². The van der Waals surface area contributed by atoms with E-state index in [9.17, 15) is 4.79 Å². The molecule has 0 amide bonds. The Hall–Kier alpha value is -2.53. The second kappa shape index (κ2) is 6.71. The fourth-order valence-electron chi connectivity index (χ4n) is 2.22. The maximum atomic E-state index is 11.5. The van der Waals surface area contributed by atoms with Crippen LogP contribution in [0.3, 0.4) is 0 Å². The molecule has 1 aromatic heterocycles. The zero-order valence-corrected chi connectivity index (χ0v) is 13.3. The van der Waals surface area contributed by atoms with Crippen LogP contribution in [-0.2, 0) is 11.3 Å². The van der Waals surface area contributed by atoms with Crippen LogP contribution in [0.4, 0.5) is 0 Å². The number of hydrogen-bond donors (Lipinski definition) is 0. The smallest absolute Gasteiger partial charge is 0.337 e. The van der Waals surface area contributed by atoms with Crippen molar-refractivity contribution in [3.8, 4) is 5.75 Å². The summed E-state index contributed by atoms with van der Waals surface area (Å²) in [7, 11) is 1.37. The van der Waals surface area contributed by atoms with E-state index in [-0.39, 0.29) is 5.97 Å². The summed E-state index contributed by atoms with van der Waals surface area (Å²) in [5, 5.41) is 6.01. The Kier molecular flexibility index (Phi) is 4.48. The van der Waals surface area contributed by atoms with Gasteiger partial charge in [-0.1, -0.05) is 11.6 Å². The standard InChI is InChI=1S/C17H15ClN2O3/c1-22-17(21)12-2-7-16-13(10-12)11-20(19-16)8-9-23-15-5-3-14(18)4-6-15/h2-7,10-11H,8-9H2,1H3. The Morgan fingerprint density at radius 1 is 1.22 bits per heavy atom. The highest BCUT2D eigenvalue weighted by Gasteiger charge is 2.08. The van der Waals surface area contributed by atoms with Gasteiger partial charge in [-0.25, -0.2) is 4.79 Å². The molecule has 6 heteroatoms. The number of aromatic nitrogens is 2. The molecule has 0 aliphatic carbocycles. The third-order valence-electron chi connectivity index (χ3n) is 3.38. The number of methoxy groups -OCH3 is 1. The summed E-state index contributed by atoms with van der Waals surface area (Å²) < 4.78 is 12.2. The molecule has 0 fully saturated rings. The quantitative estimate of drug-likeness (QED) is 0.671. The fourth-order valence-corrected chi connectivity index (χ4v) is 2.35. The maximum Gasteiger partial charge on any atom is 0.337 e. The van der Waals surface area contributed by atoms with Gasteiger partial charge in [0, 0.05) is 16.6 Å². The number of hydrogen-bond acceptors (Lipinski definition) is 4. The van der Waals surface area contributed by atoms with E-state index in [2.05, 4.69) is 5.10 Å². The first-order chi connectivity index (χ1) is 11.2. The molecule has 0 saturated heterocycles. The van der Waals surface area contributed by atoms with Crippen LogP contribution in [0, 0.1) is 0 Å². The Morgan fingerprint density at radius 3 is 2.74 bits per heavy atom. The molecule has 5 nitrogen and oxygen atoms in total. The number of ether oxygens (including phenoxy) is 2. The molecule has 0 radical (unpaired) electrons. The largest absolute Gasteiger partial charge is 0.492 e. The van der Waals surface area contributed by atoms with Crippen LogP contribution in [0.2, 0.25) is 5.02 Å². The highest BCUT2D eigenvalue weighted by Crippen LogP contribution is 2.17. The average Bonchev–Trinajstić information content (AvgIpc) is 2.97. The van der Waals surface area contributed by atoms with Gasteiger partial charge in [0.2, 0.25) is 0 Å². The summed E-state index contributed by atoms with van der Waals surface area (Å²) in [6, 6.07) is 12.5. The average molecular weight is 331 g/mol. The molecule has 118 valence electrons. The van der Waals surface area contributed by atoms with Crippen molar-refractivity contribution >= 4 is 28.5 Å². The normalized spacial score (nSPS) is 10.7. The van der Waals surface area contributed by atoms with Crippen LogP contribution < -0.4 is 4.74 Å². The molecule has 3 rings (SSSR count). The number of halogens is 1. The lowest BCUT2D eigenvalue weighted by atomic mass is 10.2. The molecule has 0 spiro atoms. The Bertz CT molecular complexity index is 827. The SMILES string of the molecule is COC(=O)c1ccc2nn(CCOc3ccc(Cl)cc3)cc2c1. The van der Waals surface area contributed by atoms with Gasteiger partial charge < -0.3 is 9.47 Å². The van der Waals surface area contributed by atoms with E-state index in [1.807, 2.05) is 18.3 Å². The molecule has 0 aliphatic heterocycles. The van der Waals surface area contributed by atoms with Crippen LogP contribution in [0.1, 0.15) is 10.4 Å². The molecule has 23 heavy (non-hydrogen) atoms. The lowest BCUT2D eigenvalue weighted by molar-refractivity contribution is 0.0601. The van der Waals surface area contributed by atoms with Gasteiger partial charge in [0.1, 0.15) is 12.4 Å². The first-order valence-corrected chi connectivity index (χ1v) is 7.47. The molecule has 0 saturated carbocycles. The Balaban J connectivity index is 1.66. The topological polar surface area (TPSA) is 53.3 Å². The van der Waals surface area contributed by atoms with E-state index >= 15 is 0 Å². The van der Waals surface area contributed by atoms with Gasteiger partial charge in [-0.2, -0.15) is 5.10 Å². The lowest BCUT2D eigenvalue weighted by Gasteiger charge is -2.05. The van der Waals surface area contributed by atoms with E-state index < -0.39 is 0 Å². The summed E-state index contributed by atoms with van der Waals surface area (Å²) in [6.07, 6.45) is 1.88. The second-order valence-corrected chi connectivity index (χ2v) is 5.40. The molecule has 0 N–H and O–H groups in total. The van der Waals surface area contributed by atoms with Gasteiger partial charge in [0.25, 0.3) is 0 Å². The predicted molar refractivity (Wildman–Crippen MR) is 88.0 cm³/mol. The maximum absolute atomic E-state index is 11.5. The number of rotatable bonds is 5. The molecule has 0 atom stereocenters. The molecular weight excluding hydrogens is 316 g/mol. The number of benzene rings is 2. The zero-order chi connectivity index (χ0) is 16.2. The van der Waals surface area contributed by atoms with Crippen LogP contribution >= 0.6 is 11.6 Å². The number of carbonyl (C=O) groups is 1. The highest BCUT2D eigenvalue weighted by atomic mass is 35.5. The Morgan fingerprint density at radius 2 is 2.00 bits per heavy atom. The summed E-state index contributed by atoms with van der Waals surface area (Å²) in [4.78, 5) is 11.5.